The highest BCUT2D eigenvalue weighted by atomic mass is 19.1. The van der Waals surface area contributed by atoms with E-state index in [-0.39, 0.29) is 5.82 Å². The average Bonchev–Trinajstić information content (AvgIpc) is 2.41. The van der Waals surface area contributed by atoms with Gasteiger partial charge < -0.3 is 15.2 Å². The lowest BCUT2D eigenvalue weighted by Gasteiger charge is -2.16. The highest BCUT2D eigenvalue weighted by Crippen LogP contribution is 2.35. The Balaban J connectivity index is 2.38. The fraction of sp³-hybridized carbons (Fsp3) is 0.250. The van der Waals surface area contributed by atoms with E-state index in [1.807, 2.05) is 25.1 Å². The van der Waals surface area contributed by atoms with Gasteiger partial charge in [-0.2, -0.15) is 0 Å². The lowest BCUT2D eigenvalue weighted by Crippen LogP contribution is -2.09. The number of hydrogen-bond acceptors (Lipinski definition) is 3. The van der Waals surface area contributed by atoms with Gasteiger partial charge in [-0.25, -0.2) is 4.39 Å². The predicted molar refractivity (Wildman–Crippen MR) is 76.7 cm³/mol. The summed E-state index contributed by atoms with van der Waals surface area (Å²) in [4.78, 5) is 0. The molecular weight excluding hydrogens is 257 g/mol. The normalized spacial score (nSPS) is 12.0. The van der Waals surface area contributed by atoms with Crippen LogP contribution in [0.1, 0.15) is 25.5 Å². The molecule has 20 heavy (non-hydrogen) atoms. The van der Waals surface area contributed by atoms with Gasteiger partial charge in [-0.15, -0.1) is 0 Å². The van der Waals surface area contributed by atoms with Crippen LogP contribution in [0.2, 0.25) is 0 Å². The van der Waals surface area contributed by atoms with Gasteiger partial charge in [0.05, 0.1) is 6.61 Å². The second-order valence-electron chi connectivity index (χ2n) is 4.42. The molecule has 2 aromatic rings. The molecule has 3 nitrogen and oxygen atoms in total. The van der Waals surface area contributed by atoms with Crippen LogP contribution in [0.15, 0.2) is 42.5 Å². The number of halogens is 1. The van der Waals surface area contributed by atoms with Gasteiger partial charge in [0.2, 0.25) is 0 Å². The summed E-state index contributed by atoms with van der Waals surface area (Å²) >= 11 is 0. The van der Waals surface area contributed by atoms with Gasteiger partial charge in [-0.3, -0.25) is 0 Å². The van der Waals surface area contributed by atoms with Crippen LogP contribution >= 0.6 is 0 Å². The van der Waals surface area contributed by atoms with Crippen LogP contribution in [0.25, 0.3) is 0 Å². The van der Waals surface area contributed by atoms with Gasteiger partial charge in [0.15, 0.2) is 11.5 Å². The molecule has 2 aromatic carbocycles. The molecule has 0 aliphatic carbocycles. The third-order valence-electron chi connectivity index (χ3n) is 2.84. The van der Waals surface area contributed by atoms with E-state index in [2.05, 4.69) is 0 Å². The van der Waals surface area contributed by atoms with Crippen LogP contribution in [0.5, 0.6) is 17.2 Å². The van der Waals surface area contributed by atoms with E-state index in [0.717, 1.165) is 0 Å². The first-order chi connectivity index (χ1) is 9.63. The molecule has 0 saturated heterocycles. The fourth-order valence-corrected chi connectivity index (χ4v) is 1.98. The van der Waals surface area contributed by atoms with Crippen molar-refractivity contribution in [2.75, 3.05) is 6.61 Å². The summed E-state index contributed by atoms with van der Waals surface area (Å²) < 4.78 is 25.1. The maximum Gasteiger partial charge on any atom is 0.169 e. The maximum atomic E-state index is 13.9. The summed E-state index contributed by atoms with van der Waals surface area (Å²) in [6.45, 7) is 4.15. The van der Waals surface area contributed by atoms with Crippen molar-refractivity contribution in [3.8, 4) is 17.2 Å². The second kappa shape index (κ2) is 6.39. The molecule has 0 heterocycles. The average molecular weight is 275 g/mol. The van der Waals surface area contributed by atoms with Crippen molar-refractivity contribution < 1.29 is 13.9 Å². The minimum atomic E-state index is -0.453. The zero-order valence-electron chi connectivity index (χ0n) is 11.6. The number of ether oxygens (including phenoxy) is 2. The molecule has 0 aromatic heterocycles. The van der Waals surface area contributed by atoms with E-state index in [1.54, 1.807) is 25.1 Å². The SMILES string of the molecule is CCOc1ccccc1Oc1cccc(F)c1C(C)N. The van der Waals surface area contributed by atoms with Crippen molar-refractivity contribution >= 4 is 0 Å². The third-order valence-corrected chi connectivity index (χ3v) is 2.84. The Morgan fingerprint density at radius 3 is 2.35 bits per heavy atom. The zero-order chi connectivity index (χ0) is 14.5. The highest BCUT2D eigenvalue weighted by Gasteiger charge is 2.15. The second-order valence-corrected chi connectivity index (χ2v) is 4.42. The van der Waals surface area contributed by atoms with E-state index < -0.39 is 6.04 Å². The van der Waals surface area contributed by atoms with Crippen LogP contribution in [-0.4, -0.2) is 6.61 Å². The molecule has 0 bridgehead atoms. The quantitative estimate of drug-likeness (QED) is 0.895. The molecule has 2 rings (SSSR count). The molecular formula is C16H18FNO2. The summed E-state index contributed by atoms with van der Waals surface area (Å²) in [6.07, 6.45) is 0. The summed E-state index contributed by atoms with van der Waals surface area (Å²) in [7, 11) is 0. The minimum absolute atomic E-state index is 0.360. The summed E-state index contributed by atoms with van der Waals surface area (Å²) in [5.41, 5.74) is 6.17. The first kappa shape index (κ1) is 14.3. The lowest BCUT2D eigenvalue weighted by atomic mass is 10.1. The van der Waals surface area contributed by atoms with Crippen molar-refractivity contribution in [3.05, 3.63) is 53.8 Å². The largest absolute Gasteiger partial charge is 0.490 e. The highest BCUT2D eigenvalue weighted by molar-refractivity contribution is 5.45. The molecule has 0 spiro atoms. The van der Waals surface area contributed by atoms with E-state index in [9.17, 15) is 4.39 Å². The van der Waals surface area contributed by atoms with E-state index in [0.29, 0.717) is 29.4 Å². The van der Waals surface area contributed by atoms with Gasteiger partial charge in [0.1, 0.15) is 11.6 Å². The number of nitrogens with two attached hydrogens (primary N) is 1. The van der Waals surface area contributed by atoms with Crippen molar-refractivity contribution in [2.24, 2.45) is 5.73 Å². The summed E-state index contributed by atoms with van der Waals surface area (Å²) in [5.74, 6) is 1.20. The fourth-order valence-electron chi connectivity index (χ4n) is 1.98. The van der Waals surface area contributed by atoms with E-state index in [1.165, 1.54) is 6.07 Å². The van der Waals surface area contributed by atoms with Crippen molar-refractivity contribution in [3.63, 3.8) is 0 Å². The Morgan fingerprint density at radius 1 is 1.05 bits per heavy atom. The lowest BCUT2D eigenvalue weighted by molar-refractivity contribution is 0.320. The Morgan fingerprint density at radius 2 is 1.70 bits per heavy atom. The monoisotopic (exact) mass is 275 g/mol. The number of para-hydroxylation sites is 2. The number of benzene rings is 2. The maximum absolute atomic E-state index is 13.9. The topological polar surface area (TPSA) is 44.5 Å². The van der Waals surface area contributed by atoms with Gasteiger partial charge >= 0.3 is 0 Å². The molecule has 0 saturated carbocycles. The van der Waals surface area contributed by atoms with Crippen LogP contribution in [0.3, 0.4) is 0 Å². The van der Waals surface area contributed by atoms with Crippen LogP contribution in [-0.2, 0) is 0 Å². The zero-order valence-corrected chi connectivity index (χ0v) is 11.6. The van der Waals surface area contributed by atoms with Gasteiger partial charge in [-0.1, -0.05) is 18.2 Å². The van der Waals surface area contributed by atoms with Gasteiger partial charge in [0, 0.05) is 11.6 Å². The molecule has 106 valence electrons. The first-order valence-corrected chi connectivity index (χ1v) is 6.57. The Hall–Kier alpha value is -2.07. The molecule has 0 fully saturated rings. The van der Waals surface area contributed by atoms with Crippen LogP contribution in [0, 0.1) is 5.82 Å². The van der Waals surface area contributed by atoms with E-state index in [4.69, 9.17) is 15.2 Å². The van der Waals surface area contributed by atoms with Crippen LogP contribution < -0.4 is 15.2 Å². The van der Waals surface area contributed by atoms with Crippen molar-refractivity contribution in [1.29, 1.82) is 0 Å². The minimum Gasteiger partial charge on any atom is -0.490 e. The third kappa shape index (κ3) is 3.08. The van der Waals surface area contributed by atoms with Crippen molar-refractivity contribution in [1.82, 2.24) is 0 Å². The molecule has 2 N–H and O–H groups in total. The number of rotatable bonds is 5. The smallest absolute Gasteiger partial charge is 0.169 e. The molecule has 1 unspecified atom stereocenters. The molecule has 0 amide bonds. The van der Waals surface area contributed by atoms with Gasteiger partial charge in [-0.05, 0) is 38.1 Å². The summed E-state index contributed by atoms with van der Waals surface area (Å²) in [6, 6.07) is 11.5. The molecule has 0 aliphatic rings. The molecule has 0 aliphatic heterocycles. The molecule has 1 atom stereocenters. The molecule has 4 heteroatoms. The van der Waals surface area contributed by atoms with E-state index >= 15 is 0 Å². The van der Waals surface area contributed by atoms with Crippen LogP contribution in [0.4, 0.5) is 4.39 Å². The predicted octanol–water partition coefficient (Wildman–Crippen LogP) is 4.04. The Labute approximate surface area is 118 Å². The Bertz CT molecular complexity index is 584. The molecule has 0 radical (unpaired) electrons. The first-order valence-electron chi connectivity index (χ1n) is 6.57. The van der Waals surface area contributed by atoms with Gasteiger partial charge in [0.25, 0.3) is 0 Å². The van der Waals surface area contributed by atoms with Crippen molar-refractivity contribution in [2.45, 2.75) is 19.9 Å². The summed E-state index contributed by atoms with van der Waals surface area (Å²) in [5, 5.41) is 0. The Kier molecular flexibility index (Phi) is 4.58. The standard InChI is InChI=1S/C16H18FNO2/c1-3-19-13-8-4-5-9-14(13)20-15-10-6-7-12(17)16(15)11(2)18/h4-11H,3,18H2,1-2H3. The number of hydrogen-bond donors (Lipinski definition) is 1.